The summed E-state index contributed by atoms with van der Waals surface area (Å²) in [6, 6.07) is 0.148. The number of rotatable bonds is 5. The van der Waals surface area contributed by atoms with Crippen molar-refractivity contribution in [2.75, 3.05) is 26.7 Å². The van der Waals surface area contributed by atoms with Gasteiger partial charge in [0.05, 0.1) is 0 Å². The van der Waals surface area contributed by atoms with E-state index in [1.807, 2.05) is 25.8 Å². The first-order valence-corrected chi connectivity index (χ1v) is 5.56. The fourth-order valence-corrected chi connectivity index (χ4v) is 1.22. The van der Waals surface area contributed by atoms with Crippen molar-refractivity contribution >= 4 is 6.03 Å². The average Bonchev–Trinajstić information content (AvgIpc) is 2.23. The quantitative estimate of drug-likeness (QED) is 0.668. The Labute approximate surface area is 88.1 Å². The molecule has 0 aliphatic heterocycles. The summed E-state index contributed by atoms with van der Waals surface area (Å²) in [7, 11) is 1.85. The summed E-state index contributed by atoms with van der Waals surface area (Å²) in [5.41, 5.74) is 0. The third-order valence-electron chi connectivity index (χ3n) is 2.68. The fraction of sp³-hybridized carbons (Fsp3) is 0.909. The predicted octanol–water partition coefficient (Wildman–Crippen LogP) is 2.43. The molecule has 3 heteroatoms. The van der Waals surface area contributed by atoms with Gasteiger partial charge in [-0.25, -0.2) is 4.79 Å². The van der Waals surface area contributed by atoms with Crippen LogP contribution in [0.25, 0.3) is 0 Å². The molecule has 14 heavy (non-hydrogen) atoms. The first kappa shape index (κ1) is 13.3. The van der Waals surface area contributed by atoms with E-state index in [1.54, 1.807) is 4.90 Å². The van der Waals surface area contributed by atoms with Gasteiger partial charge < -0.3 is 9.80 Å². The molecule has 1 atom stereocenters. The zero-order valence-corrected chi connectivity index (χ0v) is 10.2. The topological polar surface area (TPSA) is 23.6 Å². The molecular formula is C11H24N2O. The molecule has 0 bridgehead atoms. The third-order valence-corrected chi connectivity index (χ3v) is 2.68. The smallest absolute Gasteiger partial charge is 0.319 e. The third kappa shape index (κ3) is 3.99. The molecule has 2 amide bonds. The Kier molecular flexibility index (Phi) is 6.34. The molecule has 0 aromatic rings. The van der Waals surface area contributed by atoms with Gasteiger partial charge >= 0.3 is 6.03 Å². The van der Waals surface area contributed by atoms with Crippen LogP contribution in [0.15, 0.2) is 0 Å². The molecule has 84 valence electrons. The van der Waals surface area contributed by atoms with Crippen LogP contribution < -0.4 is 0 Å². The van der Waals surface area contributed by atoms with Crippen LogP contribution >= 0.6 is 0 Å². The summed E-state index contributed by atoms with van der Waals surface area (Å²) in [6.07, 6.45) is 1.12. The number of amides is 2. The van der Waals surface area contributed by atoms with Gasteiger partial charge in [-0.15, -0.1) is 0 Å². The normalized spacial score (nSPS) is 12.4. The van der Waals surface area contributed by atoms with Gasteiger partial charge in [0.1, 0.15) is 0 Å². The van der Waals surface area contributed by atoms with Crippen molar-refractivity contribution in [2.24, 2.45) is 5.92 Å². The number of nitrogens with zero attached hydrogens (tertiary/aromatic N) is 2. The minimum atomic E-state index is 0.148. The highest BCUT2D eigenvalue weighted by Crippen LogP contribution is 2.06. The van der Waals surface area contributed by atoms with Gasteiger partial charge in [-0.2, -0.15) is 0 Å². The minimum absolute atomic E-state index is 0.148. The highest BCUT2D eigenvalue weighted by atomic mass is 16.2. The van der Waals surface area contributed by atoms with Crippen LogP contribution in [-0.2, 0) is 0 Å². The molecule has 0 aliphatic rings. The van der Waals surface area contributed by atoms with Crippen molar-refractivity contribution in [2.45, 2.75) is 34.1 Å². The zero-order valence-electron chi connectivity index (χ0n) is 10.2. The number of hydrogen-bond acceptors (Lipinski definition) is 1. The van der Waals surface area contributed by atoms with Gasteiger partial charge in [0.2, 0.25) is 0 Å². The number of hydrogen-bond donors (Lipinski definition) is 0. The molecule has 0 aromatic carbocycles. The summed E-state index contributed by atoms with van der Waals surface area (Å²) in [6.45, 7) is 10.8. The number of urea groups is 1. The van der Waals surface area contributed by atoms with Crippen molar-refractivity contribution in [3.05, 3.63) is 0 Å². The van der Waals surface area contributed by atoms with Gasteiger partial charge in [0.15, 0.2) is 0 Å². The van der Waals surface area contributed by atoms with Crippen molar-refractivity contribution in [1.29, 1.82) is 0 Å². The molecule has 0 saturated heterocycles. The Morgan fingerprint density at radius 3 is 2.14 bits per heavy atom. The van der Waals surface area contributed by atoms with E-state index in [1.165, 1.54) is 0 Å². The summed E-state index contributed by atoms with van der Waals surface area (Å²) in [4.78, 5) is 15.5. The Bertz CT molecular complexity index is 171. The second kappa shape index (κ2) is 6.68. The van der Waals surface area contributed by atoms with Crippen molar-refractivity contribution in [1.82, 2.24) is 9.80 Å². The molecule has 0 heterocycles. The molecule has 0 fully saturated rings. The van der Waals surface area contributed by atoms with E-state index in [0.717, 1.165) is 26.1 Å². The van der Waals surface area contributed by atoms with Crippen LogP contribution in [0.2, 0.25) is 0 Å². The number of carbonyl (C=O) groups excluding carboxylic acids is 1. The van der Waals surface area contributed by atoms with Gasteiger partial charge in [0, 0.05) is 26.7 Å². The molecule has 0 saturated carbocycles. The molecule has 0 N–H and O–H groups in total. The predicted molar refractivity (Wildman–Crippen MR) is 60.4 cm³/mol. The molecule has 0 rings (SSSR count). The van der Waals surface area contributed by atoms with E-state index in [2.05, 4.69) is 13.8 Å². The van der Waals surface area contributed by atoms with Crippen molar-refractivity contribution in [3.63, 3.8) is 0 Å². The molecule has 3 nitrogen and oxygen atoms in total. The lowest BCUT2D eigenvalue weighted by Crippen LogP contribution is -2.42. The van der Waals surface area contributed by atoms with Gasteiger partial charge in [-0.1, -0.05) is 20.3 Å². The van der Waals surface area contributed by atoms with Crippen LogP contribution in [0.4, 0.5) is 4.79 Å². The average molecular weight is 200 g/mol. The summed E-state index contributed by atoms with van der Waals surface area (Å²) >= 11 is 0. The largest absolute Gasteiger partial charge is 0.328 e. The molecule has 0 aromatic heterocycles. The Morgan fingerprint density at radius 2 is 1.79 bits per heavy atom. The minimum Gasteiger partial charge on any atom is -0.328 e. The first-order valence-electron chi connectivity index (χ1n) is 5.56. The Hall–Kier alpha value is -0.730. The van der Waals surface area contributed by atoms with E-state index in [9.17, 15) is 4.79 Å². The molecule has 0 aliphatic carbocycles. The zero-order chi connectivity index (χ0) is 11.1. The summed E-state index contributed by atoms with van der Waals surface area (Å²) in [5.74, 6) is 0.587. The first-order chi connectivity index (χ1) is 6.56. The maximum absolute atomic E-state index is 11.8. The van der Waals surface area contributed by atoms with Crippen LogP contribution in [-0.4, -0.2) is 42.5 Å². The second-order valence-electron chi connectivity index (χ2n) is 3.85. The van der Waals surface area contributed by atoms with Gasteiger partial charge in [-0.05, 0) is 19.8 Å². The number of carbonyl (C=O) groups is 1. The second-order valence-corrected chi connectivity index (χ2v) is 3.85. The monoisotopic (exact) mass is 200 g/mol. The van der Waals surface area contributed by atoms with Crippen molar-refractivity contribution in [3.8, 4) is 0 Å². The summed E-state index contributed by atoms with van der Waals surface area (Å²) < 4.78 is 0. The SMILES string of the molecule is CCC(C)CN(CC)C(=O)N(C)CC. The van der Waals surface area contributed by atoms with Crippen LogP contribution in [0.3, 0.4) is 0 Å². The highest BCUT2D eigenvalue weighted by molar-refractivity contribution is 5.74. The lowest BCUT2D eigenvalue weighted by atomic mass is 10.1. The lowest BCUT2D eigenvalue weighted by molar-refractivity contribution is 0.159. The summed E-state index contributed by atoms with van der Waals surface area (Å²) in [5, 5.41) is 0. The van der Waals surface area contributed by atoms with Crippen LogP contribution in [0, 0.1) is 5.92 Å². The van der Waals surface area contributed by atoms with Crippen LogP contribution in [0.1, 0.15) is 34.1 Å². The lowest BCUT2D eigenvalue weighted by Gasteiger charge is -2.28. The van der Waals surface area contributed by atoms with Crippen molar-refractivity contribution < 1.29 is 4.79 Å². The Balaban J connectivity index is 4.18. The van der Waals surface area contributed by atoms with E-state index in [0.29, 0.717) is 5.92 Å². The van der Waals surface area contributed by atoms with E-state index in [4.69, 9.17) is 0 Å². The standard InChI is InChI=1S/C11H24N2O/c1-6-10(4)9-13(8-3)11(14)12(5)7-2/h10H,6-9H2,1-5H3. The molecular weight excluding hydrogens is 176 g/mol. The molecule has 1 unspecified atom stereocenters. The van der Waals surface area contributed by atoms with E-state index in [-0.39, 0.29) is 6.03 Å². The van der Waals surface area contributed by atoms with Crippen LogP contribution in [0.5, 0.6) is 0 Å². The van der Waals surface area contributed by atoms with E-state index < -0.39 is 0 Å². The fourth-order valence-electron chi connectivity index (χ4n) is 1.22. The van der Waals surface area contributed by atoms with Gasteiger partial charge in [0.25, 0.3) is 0 Å². The maximum atomic E-state index is 11.8. The maximum Gasteiger partial charge on any atom is 0.319 e. The molecule has 0 spiro atoms. The molecule has 0 radical (unpaired) electrons. The Morgan fingerprint density at radius 1 is 1.21 bits per heavy atom. The highest BCUT2D eigenvalue weighted by Gasteiger charge is 2.16. The van der Waals surface area contributed by atoms with E-state index >= 15 is 0 Å². The van der Waals surface area contributed by atoms with Gasteiger partial charge in [-0.3, -0.25) is 0 Å².